The Bertz CT molecular complexity index is 724. The summed E-state index contributed by atoms with van der Waals surface area (Å²) < 4.78 is 40.7. The number of methoxy groups -OCH3 is 1. The predicted octanol–water partition coefficient (Wildman–Crippen LogP) is 4.44. The lowest BCUT2D eigenvalue weighted by atomic mass is 10.0. The van der Waals surface area contributed by atoms with Gasteiger partial charge in [-0.15, -0.1) is 5.10 Å². The molecule has 0 N–H and O–H groups in total. The molecule has 0 atom stereocenters. The second kappa shape index (κ2) is 7.20. The van der Waals surface area contributed by atoms with Gasteiger partial charge in [-0.1, -0.05) is 6.07 Å². The summed E-state index contributed by atoms with van der Waals surface area (Å²) in [5.74, 6) is -1.52. The van der Waals surface area contributed by atoms with Crippen LogP contribution in [-0.2, 0) is 6.42 Å². The molecule has 0 aliphatic heterocycles. The fourth-order valence-corrected chi connectivity index (χ4v) is 2.61. The molecule has 0 unspecified atom stereocenters. The van der Waals surface area contributed by atoms with Crippen molar-refractivity contribution in [3.63, 3.8) is 0 Å². The van der Waals surface area contributed by atoms with Gasteiger partial charge in [-0.2, -0.15) is 4.39 Å². The number of hydrogen-bond acceptors (Lipinski definition) is 3. The topological polar surface area (TPSA) is 36.3 Å². The zero-order chi connectivity index (χ0) is 18.0. The Hall–Kier alpha value is -2.11. The van der Waals surface area contributed by atoms with Crippen molar-refractivity contribution in [2.24, 2.45) is 0 Å². The average molecular weight is 338 g/mol. The summed E-state index contributed by atoms with van der Waals surface area (Å²) in [5, 5.41) is 4.48. The van der Waals surface area contributed by atoms with Crippen LogP contribution in [0.5, 0.6) is 11.6 Å². The molecule has 0 aliphatic rings. The highest BCUT2D eigenvalue weighted by atomic mass is 19.2. The highest BCUT2D eigenvalue weighted by molar-refractivity contribution is 5.39. The van der Waals surface area contributed by atoms with Crippen LogP contribution in [0.15, 0.2) is 12.1 Å². The van der Waals surface area contributed by atoms with E-state index in [4.69, 9.17) is 9.47 Å². The maximum Gasteiger partial charge on any atom is 0.236 e. The van der Waals surface area contributed by atoms with Crippen LogP contribution in [-0.4, -0.2) is 23.0 Å². The summed E-state index contributed by atoms with van der Waals surface area (Å²) in [7, 11) is 1.31. The van der Waals surface area contributed by atoms with E-state index in [0.717, 1.165) is 11.3 Å². The Morgan fingerprint density at radius 3 is 2.33 bits per heavy atom. The number of halogens is 2. The Morgan fingerprint density at radius 1 is 1.12 bits per heavy atom. The lowest BCUT2D eigenvalue weighted by molar-refractivity contribution is 0.227. The standard InChI is InChI=1S/C18H24F2N2O2/c1-10(2)22-12(5)14(18(21-22)24-11(3)4)9-13-7-8-15(23-6)17(20)16(13)19/h7-8,10-11H,9H2,1-6H3. The number of aromatic nitrogens is 2. The minimum absolute atomic E-state index is 0.0592. The summed E-state index contributed by atoms with van der Waals surface area (Å²) in [4.78, 5) is 0. The molecule has 1 aromatic carbocycles. The molecule has 0 radical (unpaired) electrons. The Labute approximate surface area is 141 Å². The van der Waals surface area contributed by atoms with E-state index in [1.165, 1.54) is 19.2 Å². The first-order valence-corrected chi connectivity index (χ1v) is 8.01. The fourth-order valence-electron chi connectivity index (χ4n) is 2.61. The van der Waals surface area contributed by atoms with Crippen molar-refractivity contribution in [2.45, 2.75) is 53.2 Å². The molecule has 0 amide bonds. The van der Waals surface area contributed by atoms with Gasteiger partial charge in [0.25, 0.3) is 0 Å². The zero-order valence-corrected chi connectivity index (χ0v) is 15.0. The van der Waals surface area contributed by atoms with Gasteiger partial charge >= 0.3 is 0 Å². The number of benzene rings is 1. The summed E-state index contributed by atoms with van der Waals surface area (Å²) in [5.41, 5.74) is 1.89. The van der Waals surface area contributed by atoms with Gasteiger partial charge in [-0.3, -0.25) is 4.68 Å². The minimum atomic E-state index is -0.977. The molecule has 0 saturated heterocycles. The molecule has 0 bridgehead atoms. The lowest BCUT2D eigenvalue weighted by Gasteiger charge is -2.11. The third kappa shape index (κ3) is 3.52. The molecular formula is C18H24F2N2O2. The molecule has 4 nitrogen and oxygen atoms in total. The summed E-state index contributed by atoms with van der Waals surface area (Å²) in [6.45, 7) is 9.74. The zero-order valence-electron chi connectivity index (χ0n) is 15.0. The molecule has 2 rings (SSSR count). The number of hydrogen-bond donors (Lipinski definition) is 0. The minimum Gasteiger partial charge on any atom is -0.494 e. The van der Waals surface area contributed by atoms with Gasteiger partial charge < -0.3 is 9.47 Å². The number of ether oxygens (including phenoxy) is 2. The van der Waals surface area contributed by atoms with Crippen LogP contribution in [0.3, 0.4) is 0 Å². The first-order valence-electron chi connectivity index (χ1n) is 8.01. The van der Waals surface area contributed by atoms with Crippen LogP contribution in [0, 0.1) is 18.6 Å². The van der Waals surface area contributed by atoms with Crippen LogP contribution in [0.25, 0.3) is 0 Å². The third-order valence-corrected chi connectivity index (χ3v) is 3.79. The van der Waals surface area contributed by atoms with Gasteiger partial charge in [-0.05, 0) is 46.2 Å². The molecule has 2 aromatic rings. The molecule has 0 fully saturated rings. The van der Waals surface area contributed by atoms with Crippen molar-refractivity contribution in [3.8, 4) is 11.6 Å². The van der Waals surface area contributed by atoms with E-state index in [2.05, 4.69) is 5.10 Å². The molecule has 0 aliphatic carbocycles. The van der Waals surface area contributed by atoms with Gasteiger partial charge in [-0.25, -0.2) is 4.39 Å². The predicted molar refractivity (Wildman–Crippen MR) is 88.8 cm³/mol. The molecule has 0 spiro atoms. The molecule has 0 saturated carbocycles. The molecule has 132 valence electrons. The van der Waals surface area contributed by atoms with E-state index in [-0.39, 0.29) is 29.9 Å². The van der Waals surface area contributed by atoms with Gasteiger partial charge in [0.2, 0.25) is 11.7 Å². The lowest BCUT2D eigenvalue weighted by Crippen LogP contribution is -2.08. The van der Waals surface area contributed by atoms with E-state index >= 15 is 0 Å². The average Bonchev–Trinajstić information content (AvgIpc) is 2.80. The van der Waals surface area contributed by atoms with Crippen LogP contribution in [0.2, 0.25) is 0 Å². The summed E-state index contributed by atoms with van der Waals surface area (Å²) in [6, 6.07) is 3.10. The highest BCUT2D eigenvalue weighted by Crippen LogP contribution is 2.30. The first-order chi connectivity index (χ1) is 11.3. The van der Waals surface area contributed by atoms with Crippen molar-refractivity contribution in [1.29, 1.82) is 0 Å². The van der Waals surface area contributed by atoms with Gasteiger partial charge in [0, 0.05) is 23.7 Å². The van der Waals surface area contributed by atoms with E-state index in [9.17, 15) is 8.78 Å². The smallest absolute Gasteiger partial charge is 0.236 e. The Kier molecular flexibility index (Phi) is 5.47. The van der Waals surface area contributed by atoms with Gasteiger partial charge in [0.15, 0.2) is 11.6 Å². The molecule has 1 aromatic heterocycles. The maximum atomic E-state index is 14.3. The van der Waals surface area contributed by atoms with Crippen molar-refractivity contribution in [1.82, 2.24) is 9.78 Å². The van der Waals surface area contributed by atoms with Crippen LogP contribution >= 0.6 is 0 Å². The maximum absolute atomic E-state index is 14.3. The normalized spacial score (nSPS) is 11.4. The summed E-state index contributed by atoms with van der Waals surface area (Å²) in [6.07, 6.45) is 0.143. The SMILES string of the molecule is COc1ccc(Cc2c(OC(C)C)nn(C(C)C)c2C)c(F)c1F. The van der Waals surface area contributed by atoms with E-state index < -0.39 is 11.6 Å². The Balaban J connectivity index is 2.47. The summed E-state index contributed by atoms with van der Waals surface area (Å²) >= 11 is 0. The second-order valence-electron chi connectivity index (χ2n) is 6.31. The first kappa shape index (κ1) is 18.2. The molecule has 6 heteroatoms. The molecular weight excluding hydrogens is 314 g/mol. The van der Waals surface area contributed by atoms with Crippen molar-refractivity contribution < 1.29 is 18.3 Å². The van der Waals surface area contributed by atoms with Crippen molar-refractivity contribution in [2.75, 3.05) is 7.11 Å². The third-order valence-electron chi connectivity index (χ3n) is 3.79. The Morgan fingerprint density at radius 2 is 1.79 bits per heavy atom. The van der Waals surface area contributed by atoms with Crippen LogP contribution in [0.1, 0.15) is 50.6 Å². The second-order valence-corrected chi connectivity index (χ2v) is 6.31. The van der Waals surface area contributed by atoms with Crippen LogP contribution in [0.4, 0.5) is 8.78 Å². The number of nitrogens with zero attached hydrogens (tertiary/aromatic N) is 2. The van der Waals surface area contributed by atoms with Crippen molar-refractivity contribution in [3.05, 3.63) is 40.6 Å². The molecule has 24 heavy (non-hydrogen) atoms. The van der Waals surface area contributed by atoms with E-state index in [1.807, 2.05) is 39.3 Å². The highest BCUT2D eigenvalue weighted by Gasteiger charge is 2.22. The van der Waals surface area contributed by atoms with E-state index in [1.54, 1.807) is 0 Å². The van der Waals surface area contributed by atoms with Crippen LogP contribution < -0.4 is 9.47 Å². The van der Waals surface area contributed by atoms with E-state index in [0.29, 0.717) is 5.88 Å². The van der Waals surface area contributed by atoms with Crippen molar-refractivity contribution >= 4 is 0 Å². The van der Waals surface area contributed by atoms with Gasteiger partial charge in [0.1, 0.15) is 0 Å². The monoisotopic (exact) mass is 338 g/mol. The fraction of sp³-hybridized carbons (Fsp3) is 0.500. The van der Waals surface area contributed by atoms with Gasteiger partial charge in [0.05, 0.1) is 13.2 Å². The molecule has 1 heterocycles. The largest absolute Gasteiger partial charge is 0.494 e. The number of rotatable bonds is 6. The quantitative estimate of drug-likeness (QED) is 0.781.